The first-order valence-electron chi connectivity index (χ1n) is 13.2. The Balaban J connectivity index is 1.46. The molecular weight excluding hydrogens is 434 g/mol. The average molecular weight is 480 g/mol. The SMILES string of the molecule is CC(C)C[C@H]1C[C@@H](C2CCC3SCNC3C2)N(C(=O)C(=O)NC2CNC(N)C(C)C2)C[C@@H]1C. The van der Waals surface area contributed by atoms with Crippen LogP contribution in [0, 0.1) is 29.6 Å². The van der Waals surface area contributed by atoms with E-state index in [1.165, 1.54) is 12.8 Å². The van der Waals surface area contributed by atoms with E-state index in [-0.39, 0.29) is 30.1 Å². The highest BCUT2D eigenvalue weighted by atomic mass is 32.2. The zero-order chi connectivity index (χ0) is 23.7. The monoisotopic (exact) mass is 479 g/mol. The van der Waals surface area contributed by atoms with Crippen molar-refractivity contribution in [3.05, 3.63) is 0 Å². The number of fused-ring (bicyclic) bond motifs is 1. The Labute approximate surface area is 204 Å². The van der Waals surface area contributed by atoms with E-state index in [2.05, 4.69) is 43.6 Å². The lowest BCUT2D eigenvalue weighted by molar-refractivity contribution is -0.152. The Morgan fingerprint density at radius 2 is 1.91 bits per heavy atom. The van der Waals surface area contributed by atoms with Crippen LogP contribution in [0.3, 0.4) is 0 Å². The largest absolute Gasteiger partial charge is 0.344 e. The second-order valence-electron chi connectivity index (χ2n) is 11.7. The van der Waals surface area contributed by atoms with Gasteiger partial charge >= 0.3 is 11.8 Å². The van der Waals surface area contributed by atoms with Crippen molar-refractivity contribution in [2.75, 3.05) is 19.0 Å². The molecule has 188 valence electrons. The number of carbonyl (C=O) groups is 2. The molecule has 3 saturated heterocycles. The van der Waals surface area contributed by atoms with Crippen LogP contribution in [0.5, 0.6) is 0 Å². The molecule has 4 fully saturated rings. The molecule has 5 N–H and O–H groups in total. The van der Waals surface area contributed by atoms with Gasteiger partial charge in [0, 0.05) is 42.3 Å². The third kappa shape index (κ3) is 5.88. The third-order valence-corrected chi connectivity index (χ3v) is 10.0. The van der Waals surface area contributed by atoms with E-state index in [0.29, 0.717) is 42.8 Å². The number of nitrogens with two attached hydrogens (primary N) is 1. The summed E-state index contributed by atoms with van der Waals surface area (Å²) in [6.07, 6.45) is 6.49. The van der Waals surface area contributed by atoms with Gasteiger partial charge in [0.25, 0.3) is 0 Å². The van der Waals surface area contributed by atoms with Crippen LogP contribution in [-0.2, 0) is 9.59 Å². The summed E-state index contributed by atoms with van der Waals surface area (Å²) in [6.45, 7) is 10.3. The minimum Gasteiger partial charge on any atom is -0.344 e. The highest BCUT2D eigenvalue weighted by Gasteiger charge is 2.45. The minimum atomic E-state index is -0.438. The van der Waals surface area contributed by atoms with Crippen molar-refractivity contribution in [1.82, 2.24) is 20.9 Å². The topological polar surface area (TPSA) is 99.5 Å². The number of thioether (sulfide) groups is 1. The van der Waals surface area contributed by atoms with Gasteiger partial charge in [-0.15, -0.1) is 11.8 Å². The number of piperidine rings is 2. The van der Waals surface area contributed by atoms with E-state index in [1.54, 1.807) is 0 Å². The van der Waals surface area contributed by atoms with E-state index in [0.717, 1.165) is 36.8 Å². The van der Waals surface area contributed by atoms with E-state index in [4.69, 9.17) is 5.73 Å². The molecule has 0 bridgehead atoms. The molecule has 0 aromatic carbocycles. The number of rotatable bonds is 4. The highest BCUT2D eigenvalue weighted by Crippen LogP contribution is 2.43. The summed E-state index contributed by atoms with van der Waals surface area (Å²) in [5, 5.41) is 10.7. The molecule has 7 nitrogen and oxygen atoms in total. The van der Waals surface area contributed by atoms with Crippen molar-refractivity contribution >= 4 is 23.6 Å². The molecule has 1 saturated carbocycles. The standard InChI is InChI=1S/C25H45N5O2S/c1-14(2)7-18-10-21(17-5-6-22-20(9-17)28-13-33-22)30(12-16(18)4)25(32)24(31)29-19-8-15(3)23(26)27-11-19/h14-23,27-28H,5-13,26H2,1-4H3,(H,29,31)/t15?,16-,17?,18-,19?,20?,21-,22?,23?/m0/s1. The van der Waals surface area contributed by atoms with Crippen LogP contribution < -0.4 is 21.7 Å². The Bertz CT molecular complexity index is 706. The Morgan fingerprint density at radius 3 is 2.64 bits per heavy atom. The quantitative estimate of drug-likeness (QED) is 0.461. The molecule has 0 aromatic rings. The zero-order valence-corrected chi connectivity index (χ0v) is 21.7. The van der Waals surface area contributed by atoms with Crippen molar-refractivity contribution in [3.63, 3.8) is 0 Å². The number of nitrogens with zero attached hydrogens (tertiary/aromatic N) is 1. The van der Waals surface area contributed by atoms with Crippen molar-refractivity contribution in [2.24, 2.45) is 35.3 Å². The first-order chi connectivity index (χ1) is 15.7. The van der Waals surface area contributed by atoms with Gasteiger partial charge in [-0.25, -0.2) is 0 Å². The lowest BCUT2D eigenvalue weighted by Crippen LogP contribution is -2.60. The van der Waals surface area contributed by atoms with Gasteiger partial charge in [-0.1, -0.05) is 27.7 Å². The fourth-order valence-electron chi connectivity index (χ4n) is 6.73. The average Bonchev–Trinajstić information content (AvgIpc) is 3.24. The molecule has 4 aliphatic rings. The predicted molar refractivity (Wildman–Crippen MR) is 134 cm³/mol. The van der Waals surface area contributed by atoms with Crippen molar-refractivity contribution in [3.8, 4) is 0 Å². The Morgan fingerprint density at radius 1 is 1.12 bits per heavy atom. The normalized spacial score (nSPS) is 41.6. The smallest absolute Gasteiger partial charge is 0.312 e. The second-order valence-corrected chi connectivity index (χ2v) is 12.9. The van der Waals surface area contributed by atoms with Crippen LogP contribution in [0.25, 0.3) is 0 Å². The van der Waals surface area contributed by atoms with Gasteiger partial charge in [-0.3, -0.25) is 14.9 Å². The number of nitrogens with one attached hydrogen (secondary N) is 3. The fourth-order valence-corrected chi connectivity index (χ4v) is 7.99. The van der Waals surface area contributed by atoms with Crippen LogP contribution in [0.4, 0.5) is 0 Å². The van der Waals surface area contributed by atoms with Gasteiger partial charge in [-0.2, -0.15) is 0 Å². The Kier molecular flexibility index (Phi) is 8.30. The molecule has 1 aliphatic carbocycles. The molecule has 33 heavy (non-hydrogen) atoms. The number of likely N-dealkylation sites (tertiary alicyclic amines) is 1. The molecule has 0 radical (unpaired) electrons. The second kappa shape index (κ2) is 10.8. The molecule has 3 heterocycles. The van der Waals surface area contributed by atoms with Crippen molar-refractivity contribution in [2.45, 2.75) is 95.8 Å². The van der Waals surface area contributed by atoms with Gasteiger partial charge < -0.3 is 21.3 Å². The summed E-state index contributed by atoms with van der Waals surface area (Å²) < 4.78 is 0. The number of amides is 2. The third-order valence-electron chi connectivity index (χ3n) is 8.68. The van der Waals surface area contributed by atoms with Gasteiger partial charge in [0.05, 0.1) is 6.17 Å². The number of carbonyl (C=O) groups excluding carboxylic acids is 2. The molecule has 4 rings (SSSR count). The van der Waals surface area contributed by atoms with Crippen LogP contribution >= 0.6 is 11.8 Å². The number of hydrogen-bond acceptors (Lipinski definition) is 6. The summed E-state index contributed by atoms with van der Waals surface area (Å²) in [6, 6.07) is 0.690. The zero-order valence-electron chi connectivity index (χ0n) is 20.9. The molecular formula is C25H45N5O2S. The highest BCUT2D eigenvalue weighted by molar-refractivity contribution is 8.00. The van der Waals surface area contributed by atoms with E-state index in [1.807, 2.05) is 16.7 Å². The van der Waals surface area contributed by atoms with Crippen molar-refractivity contribution < 1.29 is 9.59 Å². The van der Waals surface area contributed by atoms with Crippen LogP contribution in [0.2, 0.25) is 0 Å². The van der Waals surface area contributed by atoms with Gasteiger partial charge in [-0.05, 0) is 68.1 Å². The molecule has 8 heteroatoms. The predicted octanol–water partition coefficient (Wildman–Crippen LogP) is 2.12. The van der Waals surface area contributed by atoms with Crippen LogP contribution in [0.1, 0.15) is 66.2 Å². The summed E-state index contributed by atoms with van der Waals surface area (Å²) in [7, 11) is 0. The first kappa shape index (κ1) is 25.3. The summed E-state index contributed by atoms with van der Waals surface area (Å²) in [4.78, 5) is 28.6. The molecule has 0 spiro atoms. The minimum absolute atomic E-state index is 0.0410. The van der Waals surface area contributed by atoms with Gasteiger partial charge in [0.2, 0.25) is 0 Å². The molecule has 2 amide bonds. The van der Waals surface area contributed by atoms with Gasteiger partial charge in [0.1, 0.15) is 0 Å². The fraction of sp³-hybridized carbons (Fsp3) is 0.920. The molecule has 6 unspecified atom stereocenters. The van der Waals surface area contributed by atoms with Gasteiger partial charge in [0.15, 0.2) is 0 Å². The van der Waals surface area contributed by atoms with E-state index >= 15 is 0 Å². The lowest BCUT2D eigenvalue weighted by Gasteiger charge is -2.48. The van der Waals surface area contributed by atoms with Crippen molar-refractivity contribution in [1.29, 1.82) is 0 Å². The van der Waals surface area contributed by atoms with E-state index < -0.39 is 5.91 Å². The summed E-state index contributed by atoms with van der Waals surface area (Å²) >= 11 is 2.05. The van der Waals surface area contributed by atoms with Crippen LogP contribution in [0.15, 0.2) is 0 Å². The maximum absolute atomic E-state index is 13.5. The lowest BCUT2D eigenvalue weighted by atomic mass is 9.71. The molecule has 9 atom stereocenters. The molecule has 0 aromatic heterocycles. The first-order valence-corrected chi connectivity index (χ1v) is 14.2. The van der Waals surface area contributed by atoms with E-state index in [9.17, 15) is 9.59 Å². The Hall–Kier alpha value is -0.830. The maximum atomic E-state index is 13.5. The molecule has 3 aliphatic heterocycles. The summed E-state index contributed by atoms with van der Waals surface area (Å²) in [5.74, 6) is 2.72. The maximum Gasteiger partial charge on any atom is 0.312 e. The number of hydrogen-bond donors (Lipinski definition) is 4. The van der Waals surface area contributed by atoms with Crippen LogP contribution in [-0.4, -0.2) is 65.2 Å². The summed E-state index contributed by atoms with van der Waals surface area (Å²) in [5.41, 5.74) is 6.04.